The fraction of sp³-hybridized carbons (Fsp3) is 0.500. The summed E-state index contributed by atoms with van der Waals surface area (Å²) in [6.45, 7) is 6.16. The first-order valence-electron chi connectivity index (χ1n) is 6.79. The Morgan fingerprint density at radius 1 is 1.35 bits per heavy atom. The molecule has 0 fully saturated rings. The van der Waals surface area contributed by atoms with E-state index >= 15 is 0 Å². The van der Waals surface area contributed by atoms with Gasteiger partial charge in [-0.05, 0) is 24.5 Å². The van der Waals surface area contributed by atoms with E-state index in [2.05, 4.69) is 14.7 Å². The summed E-state index contributed by atoms with van der Waals surface area (Å²) in [5.41, 5.74) is 3.06. The largest absolute Gasteiger partial charge is 0.342 e. The first-order chi connectivity index (χ1) is 9.37. The molecular formula is C14H21N3O2S. The topological polar surface area (TPSA) is 74.8 Å². The number of benzene rings is 1. The molecule has 0 amide bonds. The lowest BCUT2D eigenvalue weighted by molar-refractivity contribution is 0.567. The maximum Gasteiger partial charge on any atom is 0.211 e. The summed E-state index contributed by atoms with van der Waals surface area (Å²) >= 11 is 0. The third-order valence-electron chi connectivity index (χ3n) is 3.00. The van der Waals surface area contributed by atoms with Crippen LogP contribution in [0.1, 0.15) is 25.2 Å². The van der Waals surface area contributed by atoms with Gasteiger partial charge in [-0.25, -0.2) is 18.1 Å². The van der Waals surface area contributed by atoms with Crippen LogP contribution in [-0.4, -0.2) is 30.7 Å². The number of aromatic amines is 1. The van der Waals surface area contributed by atoms with E-state index in [1.807, 2.05) is 39.0 Å². The number of para-hydroxylation sites is 1. The molecule has 0 unspecified atom stereocenters. The minimum Gasteiger partial charge on any atom is -0.342 e. The van der Waals surface area contributed by atoms with Gasteiger partial charge in [-0.3, -0.25) is 0 Å². The second kappa shape index (κ2) is 5.93. The van der Waals surface area contributed by atoms with Gasteiger partial charge in [0, 0.05) is 13.0 Å². The number of aromatic nitrogens is 2. The second-order valence-corrected chi connectivity index (χ2v) is 7.33. The monoisotopic (exact) mass is 295 g/mol. The van der Waals surface area contributed by atoms with Crippen LogP contribution in [-0.2, 0) is 16.4 Å². The summed E-state index contributed by atoms with van der Waals surface area (Å²) in [7, 11) is -3.18. The Kier molecular flexibility index (Phi) is 4.45. The Morgan fingerprint density at radius 2 is 2.10 bits per heavy atom. The molecule has 0 saturated heterocycles. The quantitative estimate of drug-likeness (QED) is 0.856. The van der Waals surface area contributed by atoms with Crippen molar-refractivity contribution in [1.29, 1.82) is 0 Å². The zero-order valence-corrected chi connectivity index (χ0v) is 12.9. The molecular weight excluding hydrogens is 274 g/mol. The van der Waals surface area contributed by atoms with E-state index in [0.29, 0.717) is 13.0 Å². The van der Waals surface area contributed by atoms with Crippen LogP contribution < -0.4 is 4.72 Å². The lowest BCUT2D eigenvalue weighted by Crippen LogP contribution is -2.30. The average molecular weight is 295 g/mol. The molecule has 0 radical (unpaired) electrons. The van der Waals surface area contributed by atoms with Crippen LogP contribution in [0.3, 0.4) is 0 Å². The van der Waals surface area contributed by atoms with Gasteiger partial charge >= 0.3 is 0 Å². The van der Waals surface area contributed by atoms with E-state index in [1.165, 1.54) is 0 Å². The van der Waals surface area contributed by atoms with Crippen molar-refractivity contribution in [3.8, 4) is 0 Å². The average Bonchev–Trinajstić information content (AvgIpc) is 2.71. The molecule has 0 spiro atoms. The number of aryl methyl sites for hydroxylation is 1. The molecule has 1 aromatic heterocycles. The maximum absolute atomic E-state index is 11.7. The number of nitrogens with zero attached hydrogens (tertiary/aromatic N) is 1. The number of imidazole rings is 1. The zero-order chi connectivity index (χ0) is 14.8. The normalized spacial score (nSPS) is 12.4. The lowest BCUT2D eigenvalue weighted by Gasteiger charge is -2.07. The Labute approximate surface area is 119 Å². The van der Waals surface area contributed by atoms with E-state index in [0.717, 1.165) is 22.4 Å². The van der Waals surface area contributed by atoms with Crippen molar-refractivity contribution in [1.82, 2.24) is 14.7 Å². The Balaban J connectivity index is 1.98. The van der Waals surface area contributed by atoms with Crippen LogP contribution in [0.5, 0.6) is 0 Å². The first kappa shape index (κ1) is 15.0. The van der Waals surface area contributed by atoms with Crippen molar-refractivity contribution < 1.29 is 8.42 Å². The Morgan fingerprint density at radius 3 is 2.75 bits per heavy atom. The SMILES string of the molecule is Cc1cccc2[nH]c(CCNS(=O)(=O)CC(C)C)nc12. The molecule has 2 N–H and O–H groups in total. The van der Waals surface area contributed by atoms with Gasteiger partial charge in [-0.2, -0.15) is 0 Å². The van der Waals surface area contributed by atoms with Crippen LogP contribution in [0.15, 0.2) is 18.2 Å². The highest BCUT2D eigenvalue weighted by atomic mass is 32.2. The number of fused-ring (bicyclic) bond motifs is 1. The van der Waals surface area contributed by atoms with Crippen LogP contribution in [0.4, 0.5) is 0 Å². The van der Waals surface area contributed by atoms with E-state index in [9.17, 15) is 8.42 Å². The molecule has 2 rings (SSSR count). The number of hydrogen-bond acceptors (Lipinski definition) is 3. The van der Waals surface area contributed by atoms with Crippen molar-refractivity contribution in [2.75, 3.05) is 12.3 Å². The highest BCUT2D eigenvalue weighted by molar-refractivity contribution is 7.89. The predicted octanol–water partition coefficient (Wildman–Crippen LogP) is 1.99. The molecule has 110 valence electrons. The van der Waals surface area contributed by atoms with Crippen molar-refractivity contribution in [2.45, 2.75) is 27.2 Å². The van der Waals surface area contributed by atoms with E-state index < -0.39 is 10.0 Å². The van der Waals surface area contributed by atoms with Gasteiger partial charge in [-0.1, -0.05) is 26.0 Å². The van der Waals surface area contributed by atoms with Crippen LogP contribution in [0, 0.1) is 12.8 Å². The number of sulfonamides is 1. The number of H-pyrrole nitrogens is 1. The number of hydrogen-bond donors (Lipinski definition) is 2. The summed E-state index contributed by atoms with van der Waals surface area (Å²) in [6.07, 6.45) is 0.561. The minimum absolute atomic E-state index is 0.126. The van der Waals surface area contributed by atoms with E-state index in [4.69, 9.17) is 0 Å². The molecule has 1 aromatic carbocycles. The van der Waals surface area contributed by atoms with Crippen LogP contribution in [0.2, 0.25) is 0 Å². The molecule has 0 aliphatic heterocycles. The number of rotatable bonds is 6. The molecule has 0 aliphatic carbocycles. The Hall–Kier alpha value is -1.40. The second-order valence-electron chi connectivity index (χ2n) is 5.47. The van der Waals surface area contributed by atoms with Gasteiger partial charge in [0.15, 0.2) is 0 Å². The summed E-state index contributed by atoms with van der Waals surface area (Å²) < 4.78 is 26.0. The summed E-state index contributed by atoms with van der Waals surface area (Å²) in [4.78, 5) is 7.72. The smallest absolute Gasteiger partial charge is 0.211 e. The maximum atomic E-state index is 11.7. The number of nitrogens with one attached hydrogen (secondary N) is 2. The fourth-order valence-electron chi connectivity index (χ4n) is 2.17. The van der Waals surface area contributed by atoms with Gasteiger partial charge in [0.1, 0.15) is 5.82 Å². The fourth-order valence-corrected chi connectivity index (χ4v) is 3.58. The first-order valence-corrected chi connectivity index (χ1v) is 8.44. The van der Waals surface area contributed by atoms with Crippen molar-refractivity contribution in [2.24, 2.45) is 5.92 Å². The molecule has 1 heterocycles. The molecule has 20 heavy (non-hydrogen) atoms. The third kappa shape index (κ3) is 3.80. The van der Waals surface area contributed by atoms with Crippen LogP contribution >= 0.6 is 0 Å². The summed E-state index contributed by atoms with van der Waals surface area (Å²) in [6, 6.07) is 5.96. The minimum atomic E-state index is -3.18. The van der Waals surface area contributed by atoms with E-state index in [1.54, 1.807) is 0 Å². The molecule has 6 heteroatoms. The highest BCUT2D eigenvalue weighted by Crippen LogP contribution is 2.15. The van der Waals surface area contributed by atoms with Gasteiger partial charge in [0.25, 0.3) is 0 Å². The molecule has 0 aliphatic rings. The van der Waals surface area contributed by atoms with Gasteiger partial charge in [0.05, 0.1) is 16.8 Å². The zero-order valence-electron chi connectivity index (χ0n) is 12.1. The van der Waals surface area contributed by atoms with Crippen molar-refractivity contribution in [3.05, 3.63) is 29.6 Å². The van der Waals surface area contributed by atoms with Gasteiger partial charge < -0.3 is 4.98 Å². The van der Waals surface area contributed by atoms with E-state index in [-0.39, 0.29) is 11.7 Å². The molecule has 5 nitrogen and oxygen atoms in total. The molecule has 0 atom stereocenters. The summed E-state index contributed by atoms with van der Waals surface area (Å²) in [5.74, 6) is 1.09. The molecule has 2 aromatic rings. The van der Waals surface area contributed by atoms with Gasteiger partial charge in [-0.15, -0.1) is 0 Å². The van der Waals surface area contributed by atoms with Crippen molar-refractivity contribution in [3.63, 3.8) is 0 Å². The predicted molar refractivity (Wildman–Crippen MR) is 81.2 cm³/mol. The molecule has 0 bridgehead atoms. The van der Waals surface area contributed by atoms with Crippen LogP contribution in [0.25, 0.3) is 11.0 Å². The highest BCUT2D eigenvalue weighted by Gasteiger charge is 2.12. The lowest BCUT2D eigenvalue weighted by atomic mass is 10.2. The third-order valence-corrected chi connectivity index (χ3v) is 4.75. The standard InChI is InChI=1S/C14H21N3O2S/c1-10(2)9-20(18,19)15-8-7-13-16-12-6-4-5-11(3)14(12)17-13/h4-6,10,15H,7-9H2,1-3H3,(H,16,17). The van der Waals surface area contributed by atoms with Crippen molar-refractivity contribution >= 4 is 21.1 Å². The van der Waals surface area contributed by atoms with Gasteiger partial charge in [0.2, 0.25) is 10.0 Å². The Bertz CT molecular complexity index is 690. The summed E-state index contributed by atoms with van der Waals surface area (Å²) in [5, 5.41) is 0. The molecule has 0 saturated carbocycles.